The Morgan fingerprint density at radius 3 is 2.65 bits per heavy atom. The van der Waals surface area contributed by atoms with Crippen LogP contribution in [0.15, 0.2) is 53.7 Å². The SMILES string of the molecule is CCc1ccc(NC(=O)CSc2nnc(-c3ccc(F)cc3)n2C[C@H]2CCCO2)cc1. The van der Waals surface area contributed by atoms with Crippen molar-refractivity contribution >= 4 is 23.4 Å². The molecule has 2 aromatic carbocycles. The first kappa shape index (κ1) is 21.5. The number of anilines is 1. The van der Waals surface area contributed by atoms with E-state index in [-0.39, 0.29) is 23.6 Å². The van der Waals surface area contributed by atoms with E-state index >= 15 is 0 Å². The summed E-state index contributed by atoms with van der Waals surface area (Å²) >= 11 is 1.33. The minimum Gasteiger partial charge on any atom is -0.376 e. The van der Waals surface area contributed by atoms with Crippen molar-refractivity contribution in [3.8, 4) is 11.4 Å². The molecule has 0 bridgehead atoms. The highest BCUT2D eigenvalue weighted by Gasteiger charge is 2.22. The van der Waals surface area contributed by atoms with Gasteiger partial charge in [0.25, 0.3) is 0 Å². The van der Waals surface area contributed by atoms with E-state index in [1.807, 2.05) is 28.8 Å². The Morgan fingerprint density at radius 1 is 1.19 bits per heavy atom. The molecule has 1 atom stereocenters. The van der Waals surface area contributed by atoms with E-state index in [1.165, 1.54) is 29.5 Å². The van der Waals surface area contributed by atoms with Crippen LogP contribution in [0, 0.1) is 5.82 Å². The number of amides is 1. The minimum absolute atomic E-state index is 0.0838. The third kappa shape index (κ3) is 5.51. The normalized spacial score (nSPS) is 15.9. The number of ether oxygens (including phenoxy) is 1. The Bertz CT molecular complexity index is 1020. The van der Waals surface area contributed by atoms with Gasteiger partial charge in [-0.3, -0.25) is 9.36 Å². The zero-order chi connectivity index (χ0) is 21.6. The van der Waals surface area contributed by atoms with Crippen molar-refractivity contribution in [1.29, 1.82) is 0 Å². The molecule has 6 nitrogen and oxygen atoms in total. The van der Waals surface area contributed by atoms with Gasteiger partial charge in [-0.1, -0.05) is 30.8 Å². The Morgan fingerprint density at radius 2 is 1.97 bits per heavy atom. The van der Waals surface area contributed by atoms with E-state index in [0.717, 1.165) is 37.1 Å². The average molecular weight is 441 g/mol. The highest BCUT2D eigenvalue weighted by Crippen LogP contribution is 2.27. The van der Waals surface area contributed by atoms with Crippen molar-refractivity contribution in [3.63, 3.8) is 0 Å². The lowest BCUT2D eigenvalue weighted by molar-refractivity contribution is -0.113. The van der Waals surface area contributed by atoms with Crippen LogP contribution in [0.1, 0.15) is 25.3 Å². The number of aromatic nitrogens is 3. The van der Waals surface area contributed by atoms with Crippen LogP contribution in [0.5, 0.6) is 0 Å². The lowest BCUT2D eigenvalue weighted by atomic mass is 10.1. The first-order valence-electron chi connectivity index (χ1n) is 10.4. The van der Waals surface area contributed by atoms with Gasteiger partial charge in [0.2, 0.25) is 5.91 Å². The predicted octanol–water partition coefficient (Wildman–Crippen LogP) is 4.56. The van der Waals surface area contributed by atoms with E-state index in [1.54, 1.807) is 12.1 Å². The largest absolute Gasteiger partial charge is 0.376 e. The average Bonchev–Trinajstić information content (AvgIpc) is 3.44. The van der Waals surface area contributed by atoms with Gasteiger partial charge in [0, 0.05) is 17.9 Å². The highest BCUT2D eigenvalue weighted by atomic mass is 32.2. The van der Waals surface area contributed by atoms with Gasteiger partial charge in [-0.05, 0) is 61.2 Å². The summed E-state index contributed by atoms with van der Waals surface area (Å²) in [4.78, 5) is 12.5. The maximum atomic E-state index is 13.4. The number of thioether (sulfide) groups is 1. The van der Waals surface area contributed by atoms with Crippen LogP contribution in [-0.2, 0) is 22.5 Å². The molecule has 31 heavy (non-hydrogen) atoms. The van der Waals surface area contributed by atoms with E-state index in [2.05, 4.69) is 22.4 Å². The molecule has 0 aliphatic carbocycles. The molecule has 2 heterocycles. The summed E-state index contributed by atoms with van der Waals surface area (Å²) < 4.78 is 21.1. The fraction of sp³-hybridized carbons (Fsp3) is 0.348. The monoisotopic (exact) mass is 440 g/mol. The van der Waals surface area contributed by atoms with Gasteiger partial charge in [-0.15, -0.1) is 10.2 Å². The van der Waals surface area contributed by atoms with E-state index < -0.39 is 0 Å². The number of aryl methyl sites for hydroxylation is 1. The summed E-state index contributed by atoms with van der Waals surface area (Å²) in [6, 6.07) is 14.0. The van der Waals surface area contributed by atoms with Crippen LogP contribution >= 0.6 is 11.8 Å². The number of nitrogens with zero attached hydrogens (tertiary/aromatic N) is 3. The third-order valence-corrected chi connectivity index (χ3v) is 6.17. The van der Waals surface area contributed by atoms with Crippen molar-refractivity contribution in [3.05, 3.63) is 59.9 Å². The van der Waals surface area contributed by atoms with Gasteiger partial charge in [0.05, 0.1) is 18.4 Å². The lowest BCUT2D eigenvalue weighted by Gasteiger charge is -2.14. The number of nitrogens with one attached hydrogen (secondary N) is 1. The van der Waals surface area contributed by atoms with Crippen LogP contribution < -0.4 is 5.32 Å². The molecule has 0 radical (unpaired) electrons. The van der Waals surface area contributed by atoms with Crippen molar-refractivity contribution in [1.82, 2.24) is 14.8 Å². The minimum atomic E-state index is -0.299. The quantitative estimate of drug-likeness (QED) is 0.520. The summed E-state index contributed by atoms with van der Waals surface area (Å²) in [6.07, 6.45) is 3.04. The highest BCUT2D eigenvalue weighted by molar-refractivity contribution is 7.99. The Kier molecular flexibility index (Phi) is 6.99. The molecule has 1 aliphatic heterocycles. The van der Waals surface area contributed by atoms with E-state index in [0.29, 0.717) is 17.5 Å². The van der Waals surface area contributed by atoms with Crippen LogP contribution in [0.3, 0.4) is 0 Å². The fourth-order valence-electron chi connectivity index (χ4n) is 3.52. The van der Waals surface area contributed by atoms with Crippen molar-refractivity contribution in [2.45, 2.75) is 44.0 Å². The second-order valence-corrected chi connectivity index (χ2v) is 8.39. The molecule has 162 valence electrons. The van der Waals surface area contributed by atoms with Gasteiger partial charge in [0.15, 0.2) is 11.0 Å². The predicted molar refractivity (Wildman–Crippen MR) is 120 cm³/mol. The molecule has 0 spiro atoms. The summed E-state index contributed by atoms with van der Waals surface area (Å²) in [7, 11) is 0. The first-order valence-corrected chi connectivity index (χ1v) is 11.4. The molecule has 1 aliphatic rings. The Labute approximate surface area is 185 Å². The third-order valence-electron chi connectivity index (χ3n) is 5.21. The summed E-state index contributed by atoms with van der Waals surface area (Å²) in [5, 5.41) is 12.2. The number of hydrogen-bond acceptors (Lipinski definition) is 5. The standard InChI is InChI=1S/C23H25FN4O2S/c1-2-16-5-11-19(12-6-16)25-21(29)15-31-23-27-26-22(17-7-9-18(24)10-8-17)28(23)14-20-4-3-13-30-20/h5-12,20H,2-4,13-15H2,1H3,(H,25,29)/t20-/m1/s1. The Balaban J connectivity index is 1.47. The second-order valence-electron chi connectivity index (χ2n) is 7.45. The van der Waals surface area contributed by atoms with Crippen molar-refractivity contribution in [2.75, 3.05) is 17.7 Å². The van der Waals surface area contributed by atoms with Crippen LogP contribution in [0.2, 0.25) is 0 Å². The van der Waals surface area contributed by atoms with E-state index in [9.17, 15) is 9.18 Å². The molecule has 8 heteroatoms. The first-order chi connectivity index (χ1) is 15.1. The molecule has 4 rings (SSSR count). The van der Waals surface area contributed by atoms with Gasteiger partial charge in [0.1, 0.15) is 5.82 Å². The number of carbonyl (C=O) groups excluding carboxylic acids is 1. The Hall–Kier alpha value is -2.71. The molecule has 1 saturated heterocycles. The fourth-order valence-corrected chi connectivity index (χ4v) is 4.26. The van der Waals surface area contributed by atoms with Crippen molar-refractivity contribution in [2.24, 2.45) is 0 Å². The number of carbonyl (C=O) groups is 1. The lowest BCUT2D eigenvalue weighted by Crippen LogP contribution is -2.18. The summed E-state index contributed by atoms with van der Waals surface area (Å²) in [5.41, 5.74) is 2.78. The molecule has 1 aromatic heterocycles. The van der Waals surface area contributed by atoms with Crippen LogP contribution in [-0.4, -0.2) is 39.1 Å². The molecule has 1 N–H and O–H groups in total. The number of hydrogen-bond donors (Lipinski definition) is 1. The van der Waals surface area contributed by atoms with Crippen LogP contribution in [0.25, 0.3) is 11.4 Å². The summed E-state index contributed by atoms with van der Waals surface area (Å²) in [6.45, 7) is 3.44. The molecular weight excluding hydrogens is 415 g/mol. The maximum absolute atomic E-state index is 13.4. The molecule has 3 aromatic rings. The molecule has 1 amide bonds. The smallest absolute Gasteiger partial charge is 0.234 e. The topological polar surface area (TPSA) is 69.0 Å². The second kappa shape index (κ2) is 10.1. The summed E-state index contributed by atoms with van der Waals surface area (Å²) in [5.74, 6) is 0.452. The van der Waals surface area contributed by atoms with Crippen molar-refractivity contribution < 1.29 is 13.9 Å². The maximum Gasteiger partial charge on any atom is 0.234 e. The molecule has 1 fully saturated rings. The zero-order valence-electron chi connectivity index (χ0n) is 17.4. The van der Waals surface area contributed by atoms with Gasteiger partial charge in [-0.2, -0.15) is 0 Å². The molecular formula is C23H25FN4O2S. The van der Waals surface area contributed by atoms with Crippen LogP contribution in [0.4, 0.5) is 10.1 Å². The van der Waals surface area contributed by atoms with Gasteiger partial charge >= 0.3 is 0 Å². The van der Waals surface area contributed by atoms with Gasteiger partial charge < -0.3 is 10.1 Å². The number of halogens is 1. The molecule has 0 saturated carbocycles. The zero-order valence-corrected chi connectivity index (χ0v) is 18.2. The van der Waals surface area contributed by atoms with E-state index in [4.69, 9.17) is 4.74 Å². The number of benzene rings is 2. The van der Waals surface area contributed by atoms with Gasteiger partial charge in [-0.25, -0.2) is 4.39 Å². The molecule has 0 unspecified atom stereocenters. The number of rotatable bonds is 8.